The Morgan fingerprint density at radius 1 is 0.867 bits per heavy atom. The molecule has 5 unspecified atom stereocenters. The van der Waals surface area contributed by atoms with E-state index in [9.17, 15) is 0 Å². The van der Waals surface area contributed by atoms with E-state index in [2.05, 4.69) is 55.6 Å². The van der Waals surface area contributed by atoms with Crippen LogP contribution >= 0.6 is 0 Å². The molecule has 3 saturated carbocycles. The molecular formula is C30H50. The summed E-state index contributed by atoms with van der Waals surface area (Å²) in [5.41, 5.74) is 3.08. The molecule has 30 heavy (non-hydrogen) atoms. The average molecular weight is 411 g/mol. The van der Waals surface area contributed by atoms with Crippen molar-refractivity contribution in [3.05, 3.63) is 72.9 Å². The minimum absolute atomic E-state index is 0.188. The average Bonchev–Trinajstić information content (AvgIpc) is 3.56. The molecule has 3 aliphatic carbocycles. The van der Waals surface area contributed by atoms with E-state index in [-0.39, 0.29) is 5.41 Å². The van der Waals surface area contributed by atoms with Crippen LogP contribution in [0.2, 0.25) is 0 Å². The molecule has 0 radical (unpaired) electrons. The predicted molar refractivity (Wildman–Crippen MR) is 139 cm³/mol. The van der Waals surface area contributed by atoms with Crippen molar-refractivity contribution in [3.63, 3.8) is 0 Å². The molecule has 3 aliphatic rings. The van der Waals surface area contributed by atoms with Gasteiger partial charge < -0.3 is 0 Å². The molecular weight excluding hydrogens is 360 g/mol. The molecule has 0 saturated heterocycles. The van der Waals surface area contributed by atoms with E-state index in [0.29, 0.717) is 0 Å². The topological polar surface area (TPSA) is 0 Å². The Labute approximate surface area is 189 Å². The number of hydrogen-bond donors (Lipinski definition) is 0. The van der Waals surface area contributed by atoms with E-state index in [0.717, 1.165) is 23.7 Å². The van der Waals surface area contributed by atoms with Gasteiger partial charge in [-0.3, -0.25) is 0 Å². The third-order valence-corrected chi connectivity index (χ3v) is 6.84. The first-order valence-electron chi connectivity index (χ1n) is 12.8. The summed E-state index contributed by atoms with van der Waals surface area (Å²) >= 11 is 0. The summed E-state index contributed by atoms with van der Waals surface area (Å²) in [6.07, 6.45) is 13.4. The second-order valence-corrected chi connectivity index (χ2v) is 7.46. The second kappa shape index (κ2) is 15.3. The first-order valence-corrected chi connectivity index (χ1v) is 12.8. The summed E-state index contributed by atoms with van der Waals surface area (Å²) in [4.78, 5) is 0. The number of hydrogen-bond acceptors (Lipinski definition) is 0. The molecule has 0 nitrogen and oxygen atoms in total. The van der Waals surface area contributed by atoms with E-state index in [1.165, 1.54) is 43.2 Å². The zero-order valence-corrected chi connectivity index (χ0v) is 21.4. The van der Waals surface area contributed by atoms with Gasteiger partial charge in [-0.25, -0.2) is 0 Å². The van der Waals surface area contributed by atoms with Crippen LogP contribution in [0.25, 0.3) is 0 Å². The van der Waals surface area contributed by atoms with Crippen LogP contribution in [0.15, 0.2) is 67.3 Å². The van der Waals surface area contributed by atoms with Crippen LogP contribution in [0.5, 0.6) is 0 Å². The predicted octanol–water partition coefficient (Wildman–Crippen LogP) is 9.78. The minimum atomic E-state index is 0.188. The monoisotopic (exact) mass is 410 g/mol. The SMILES string of the molecule is C=C/C=C(\C=C)C1(c2ccccc2)CC2CC1C1CCCC21.CC.CC.CC.CC. The molecule has 0 aliphatic heterocycles. The number of rotatable bonds is 4. The molecule has 4 rings (SSSR count). The summed E-state index contributed by atoms with van der Waals surface area (Å²) in [5, 5.41) is 0. The van der Waals surface area contributed by atoms with Crippen molar-refractivity contribution in [3.8, 4) is 0 Å². The maximum atomic E-state index is 4.15. The number of benzene rings is 1. The van der Waals surface area contributed by atoms with Crippen LogP contribution in [0.3, 0.4) is 0 Å². The molecule has 2 bridgehead atoms. The summed E-state index contributed by atoms with van der Waals surface area (Å²) in [6, 6.07) is 11.2. The zero-order valence-electron chi connectivity index (χ0n) is 21.4. The van der Waals surface area contributed by atoms with Crippen LogP contribution in [0, 0.1) is 23.7 Å². The van der Waals surface area contributed by atoms with Crippen molar-refractivity contribution in [1.29, 1.82) is 0 Å². The molecule has 5 atom stereocenters. The summed E-state index contributed by atoms with van der Waals surface area (Å²) in [5.74, 6) is 3.67. The Hall–Kier alpha value is -1.56. The van der Waals surface area contributed by atoms with Crippen molar-refractivity contribution >= 4 is 0 Å². The van der Waals surface area contributed by atoms with Crippen LogP contribution < -0.4 is 0 Å². The lowest BCUT2D eigenvalue weighted by molar-refractivity contribution is 0.181. The molecule has 3 fully saturated rings. The molecule has 170 valence electrons. The maximum absolute atomic E-state index is 4.15. The van der Waals surface area contributed by atoms with Crippen LogP contribution in [0.4, 0.5) is 0 Å². The second-order valence-electron chi connectivity index (χ2n) is 7.46. The first-order chi connectivity index (χ1) is 14.8. The number of fused-ring (bicyclic) bond motifs is 5. The van der Waals surface area contributed by atoms with Gasteiger partial charge >= 0.3 is 0 Å². The number of allylic oxidation sites excluding steroid dienone is 4. The van der Waals surface area contributed by atoms with Crippen LogP contribution in [-0.4, -0.2) is 0 Å². The standard InChI is InChI=1S/C22H26.4C2H6/c1-3-9-17(4-2)22(18-10-6-5-7-11-18)15-16-14-21(22)20-13-8-12-19(16)20;4*1-2/h3-7,9-11,16,19-21H,1-2,8,12-15H2;4*1-2H3/b17-9+;;;;. The lowest BCUT2D eigenvalue weighted by atomic mass is 9.59. The van der Waals surface area contributed by atoms with Gasteiger partial charge in [-0.2, -0.15) is 0 Å². The lowest BCUT2D eigenvalue weighted by Crippen LogP contribution is -2.40. The molecule has 1 aromatic rings. The smallest absolute Gasteiger partial charge is 0.0236 e. The Balaban J connectivity index is 0.000000948. The third-order valence-electron chi connectivity index (χ3n) is 6.84. The highest BCUT2D eigenvalue weighted by atomic mass is 14.7. The highest BCUT2D eigenvalue weighted by molar-refractivity contribution is 5.47. The zero-order chi connectivity index (χ0) is 23.2. The minimum Gasteiger partial charge on any atom is -0.0991 e. The van der Waals surface area contributed by atoms with Gasteiger partial charge in [0.05, 0.1) is 0 Å². The lowest BCUT2D eigenvalue weighted by Gasteiger charge is -2.44. The van der Waals surface area contributed by atoms with Gasteiger partial charge in [0.25, 0.3) is 0 Å². The Bertz CT molecular complexity index is 608. The van der Waals surface area contributed by atoms with E-state index < -0.39 is 0 Å². The van der Waals surface area contributed by atoms with Gasteiger partial charge in [-0.15, -0.1) is 0 Å². The fourth-order valence-electron chi connectivity index (χ4n) is 6.24. The van der Waals surface area contributed by atoms with Crippen molar-refractivity contribution in [1.82, 2.24) is 0 Å². The van der Waals surface area contributed by atoms with Crippen molar-refractivity contribution in [2.24, 2.45) is 23.7 Å². The Morgan fingerprint density at radius 2 is 1.43 bits per heavy atom. The fourth-order valence-corrected chi connectivity index (χ4v) is 6.24. The molecule has 0 heteroatoms. The van der Waals surface area contributed by atoms with Gasteiger partial charge in [0, 0.05) is 5.41 Å². The highest BCUT2D eigenvalue weighted by Crippen LogP contribution is 2.68. The highest BCUT2D eigenvalue weighted by Gasteiger charge is 2.61. The molecule has 0 heterocycles. The molecule has 1 aromatic carbocycles. The van der Waals surface area contributed by atoms with E-state index in [1.54, 1.807) is 0 Å². The molecule has 0 amide bonds. The van der Waals surface area contributed by atoms with Gasteiger partial charge in [0.15, 0.2) is 0 Å². The van der Waals surface area contributed by atoms with E-state index in [1.807, 2.05) is 61.5 Å². The van der Waals surface area contributed by atoms with Crippen LogP contribution in [0.1, 0.15) is 93.1 Å². The summed E-state index contributed by atoms with van der Waals surface area (Å²) in [6.45, 7) is 24.1. The van der Waals surface area contributed by atoms with Gasteiger partial charge in [-0.05, 0) is 60.5 Å². The molecule has 0 N–H and O–H groups in total. The van der Waals surface area contributed by atoms with Crippen molar-refractivity contribution in [2.45, 2.75) is 92.9 Å². The van der Waals surface area contributed by atoms with Gasteiger partial charge in [0.1, 0.15) is 0 Å². The van der Waals surface area contributed by atoms with Crippen molar-refractivity contribution in [2.75, 3.05) is 0 Å². The molecule has 0 spiro atoms. The Kier molecular flexibility index (Phi) is 14.5. The summed E-state index contributed by atoms with van der Waals surface area (Å²) in [7, 11) is 0. The quantitative estimate of drug-likeness (QED) is 0.433. The van der Waals surface area contributed by atoms with E-state index in [4.69, 9.17) is 0 Å². The third kappa shape index (κ3) is 5.37. The molecule has 0 aromatic heterocycles. The Morgan fingerprint density at radius 3 is 1.97 bits per heavy atom. The largest absolute Gasteiger partial charge is 0.0991 e. The normalized spacial score (nSPS) is 29.9. The van der Waals surface area contributed by atoms with E-state index >= 15 is 0 Å². The first kappa shape index (κ1) is 28.4. The maximum Gasteiger partial charge on any atom is 0.0236 e. The van der Waals surface area contributed by atoms with Gasteiger partial charge in [-0.1, -0.05) is 124 Å². The van der Waals surface area contributed by atoms with Crippen molar-refractivity contribution < 1.29 is 0 Å². The fraction of sp³-hybridized carbons (Fsp3) is 0.600. The van der Waals surface area contributed by atoms with Crippen LogP contribution in [-0.2, 0) is 5.41 Å². The summed E-state index contributed by atoms with van der Waals surface area (Å²) < 4.78 is 0. The van der Waals surface area contributed by atoms with Gasteiger partial charge in [0.2, 0.25) is 0 Å².